The summed E-state index contributed by atoms with van der Waals surface area (Å²) < 4.78 is 5.19. The second-order valence-corrected chi connectivity index (χ2v) is 5.31. The summed E-state index contributed by atoms with van der Waals surface area (Å²) in [5, 5.41) is 3.73. The summed E-state index contributed by atoms with van der Waals surface area (Å²) in [6.07, 6.45) is 1.60. The van der Waals surface area contributed by atoms with Crippen molar-refractivity contribution < 1.29 is 9.53 Å². The molecule has 0 aliphatic carbocycles. The highest BCUT2D eigenvalue weighted by atomic mass is 16.5. The predicted octanol–water partition coefficient (Wildman–Crippen LogP) is 2.59. The average molecular weight is 302 g/mol. The number of benzene rings is 1. The summed E-state index contributed by atoms with van der Waals surface area (Å²) in [4.78, 5) is 26.9. The van der Waals surface area contributed by atoms with E-state index in [1.807, 2.05) is 26.0 Å². The average Bonchev–Trinajstić information content (AvgIpc) is 2.53. The van der Waals surface area contributed by atoms with Gasteiger partial charge in [0.2, 0.25) is 5.91 Å². The van der Waals surface area contributed by atoms with E-state index in [2.05, 4.69) is 10.3 Å². The monoisotopic (exact) mass is 302 g/mol. The number of aromatic nitrogens is 1. The molecule has 0 atom stereocenters. The number of ether oxygens (including phenoxy) is 1. The predicted molar refractivity (Wildman–Crippen MR) is 87.0 cm³/mol. The maximum atomic E-state index is 12.1. The minimum Gasteiger partial charge on any atom is -0.497 e. The van der Waals surface area contributed by atoms with Gasteiger partial charge >= 0.3 is 0 Å². The van der Waals surface area contributed by atoms with Crippen molar-refractivity contribution in [2.24, 2.45) is 5.92 Å². The number of methoxy groups -OCH3 is 1. The largest absolute Gasteiger partial charge is 0.497 e. The molecular weight excluding hydrogens is 280 g/mol. The highest BCUT2D eigenvalue weighted by Gasteiger charge is 2.14. The number of H-pyrrole nitrogens is 1. The Balaban J connectivity index is 2.22. The molecule has 1 aromatic heterocycles. The molecule has 0 bridgehead atoms. The first-order chi connectivity index (χ1) is 10.6. The number of hydrogen-bond donors (Lipinski definition) is 2. The molecule has 5 nitrogen and oxygen atoms in total. The third-order valence-electron chi connectivity index (χ3n) is 3.94. The van der Waals surface area contributed by atoms with Crippen LogP contribution in [0.25, 0.3) is 10.9 Å². The van der Waals surface area contributed by atoms with Crippen molar-refractivity contribution in [2.45, 2.75) is 33.2 Å². The second-order valence-electron chi connectivity index (χ2n) is 5.31. The minimum absolute atomic E-state index is 0.000341. The van der Waals surface area contributed by atoms with Gasteiger partial charge in [0.05, 0.1) is 7.11 Å². The molecule has 0 unspecified atom stereocenters. The Bertz CT molecular complexity index is 717. The molecule has 2 rings (SSSR count). The minimum atomic E-state index is -0.178. The van der Waals surface area contributed by atoms with Gasteiger partial charge in [0.15, 0.2) is 0 Å². The van der Waals surface area contributed by atoms with E-state index in [4.69, 9.17) is 4.74 Å². The fourth-order valence-electron chi connectivity index (χ4n) is 2.47. The summed E-state index contributed by atoms with van der Waals surface area (Å²) in [5.74, 6) is 0.723. The van der Waals surface area contributed by atoms with Gasteiger partial charge in [0.25, 0.3) is 5.56 Å². The number of carbonyl (C=O) groups excluding carboxylic acids is 1. The van der Waals surface area contributed by atoms with Crippen molar-refractivity contribution in [3.05, 3.63) is 40.2 Å². The molecule has 5 heteroatoms. The third-order valence-corrected chi connectivity index (χ3v) is 3.94. The van der Waals surface area contributed by atoms with Gasteiger partial charge in [-0.3, -0.25) is 9.59 Å². The normalized spacial score (nSPS) is 10.9. The second kappa shape index (κ2) is 7.11. The van der Waals surface area contributed by atoms with Gasteiger partial charge in [-0.25, -0.2) is 0 Å². The fraction of sp³-hybridized carbons (Fsp3) is 0.412. The van der Waals surface area contributed by atoms with Crippen LogP contribution >= 0.6 is 0 Å². The zero-order valence-electron chi connectivity index (χ0n) is 13.2. The van der Waals surface area contributed by atoms with Crippen LogP contribution in [-0.2, 0) is 11.3 Å². The van der Waals surface area contributed by atoms with Crippen LogP contribution in [0.3, 0.4) is 0 Å². The number of amides is 1. The number of carbonyl (C=O) groups is 1. The van der Waals surface area contributed by atoms with Crippen molar-refractivity contribution >= 4 is 16.8 Å². The van der Waals surface area contributed by atoms with Crippen LogP contribution in [0.4, 0.5) is 0 Å². The van der Waals surface area contributed by atoms with E-state index in [1.54, 1.807) is 19.2 Å². The van der Waals surface area contributed by atoms with Crippen molar-refractivity contribution in [1.29, 1.82) is 0 Å². The Hall–Kier alpha value is -2.30. The van der Waals surface area contributed by atoms with Crippen molar-refractivity contribution in [3.8, 4) is 5.75 Å². The highest BCUT2D eigenvalue weighted by molar-refractivity contribution is 5.81. The molecule has 22 heavy (non-hydrogen) atoms. The van der Waals surface area contributed by atoms with Crippen LogP contribution in [0.15, 0.2) is 29.1 Å². The van der Waals surface area contributed by atoms with E-state index in [0.717, 1.165) is 29.5 Å². The number of aromatic amines is 1. The van der Waals surface area contributed by atoms with Gasteiger partial charge in [-0.05, 0) is 37.1 Å². The van der Waals surface area contributed by atoms with Gasteiger partial charge in [0, 0.05) is 28.9 Å². The van der Waals surface area contributed by atoms with Crippen molar-refractivity contribution in [2.75, 3.05) is 7.11 Å². The number of hydrogen-bond acceptors (Lipinski definition) is 3. The molecule has 0 fully saturated rings. The number of rotatable bonds is 6. The molecule has 1 amide bonds. The zero-order valence-corrected chi connectivity index (χ0v) is 13.2. The lowest BCUT2D eigenvalue weighted by molar-refractivity contribution is -0.125. The molecule has 2 aromatic rings. The van der Waals surface area contributed by atoms with E-state index in [0.29, 0.717) is 5.56 Å². The molecule has 0 saturated heterocycles. The summed E-state index contributed by atoms with van der Waals surface area (Å²) >= 11 is 0. The molecule has 0 aliphatic rings. The molecule has 0 aliphatic heterocycles. The SMILES string of the molecule is CCC(CC)C(=O)NCc1cc2cc(OC)ccc2[nH]c1=O. The molecule has 0 radical (unpaired) electrons. The van der Waals surface area contributed by atoms with E-state index < -0.39 is 0 Å². The zero-order chi connectivity index (χ0) is 16.1. The van der Waals surface area contributed by atoms with Crippen LogP contribution in [0.1, 0.15) is 32.3 Å². The summed E-state index contributed by atoms with van der Waals surface area (Å²) in [7, 11) is 1.60. The lowest BCUT2D eigenvalue weighted by Gasteiger charge is -2.12. The Morgan fingerprint density at radius 2 is 2.00 bits per heavy atom. The molecule has 1 heterocycles. The lowest BCUT2D eigenvalue weighted by Crippen LogP contribution is -2.31. The summed E-state index contributed by atoms with van der Waals surface area (Å²) in [5.41, 5.74) is 1.11. The summed E-state index contributed by atoms with van der Waals surface area (Å²) in [6, 6.07) is 7.26. The molecule has 118 valence electrons. The topological polar surface area (TPSA) is 71.2 Å². The first-order valence-corrected chi connectivity index (χ1v) is 7.56. The number of fused-ring (bicyclic) bond motifs is 1. The maximum absolute atomic E-state index is 12.1. The van der Waals surface area contributed by atoms with Crippen LogP contribution in [-0.4, -0.2) is 18.0 Å². The first kappa shape index (κ1) is 16.1. The Labute approximate surface area is 129 Å². The van der Waals surface area contributed by atoms with Crippen LogP contribution in [0.5, 0.6) is 5.75 Å². The Morgan fingerprint density at radius 1 is 1.27 bits per heavy atom. The van der Waals surface area contributed by atoms with Crippen molar-refractivity contribution in [3.63, 3.8) is 0 Å². The lowest BCUT2D eigenvalue weighted by atomic mass is 10.0. The molecule has 2 N–H and O–H groups in total. The molecule has 1 aromatic carbocycles. The maximum Gasteiger partial charge on any atom is 0.253 e. The fourth-order valence-corrected chi connectivity index (χ4v) is 2.47. The third kappa shape index (κ3) is 3.47. The van der Waals surface area contributed by atoms with Crippen LogP contribution in [0, 0.1) is 5.92 Å². The first-order valence-electron chi connectivity index (χ1n) is 7.56. The van der Waals surface area contributed by atoms with Gasteiger partial charge in [-0.2, -0.15) is 0 Å². The molecular formula is C17H22N2O3. The van der Waals surface area contributed by atoms with E-state index in [-0.39, 0.29) is 23.9 Å². The van der Waals surface area contributed by atoms with Gasteiger partial charge in [0.1, 0.15) is 5.75 Å². The number of pyridine rings is 1. The quantitative estimate of drug-likeness (QED) is 0.861. The smallest absolute Gasteiger partial charge is 0.253 e. The van der Waals surface area contributed by atoms with Gasteiger partial charge < -0.3 is 15.0 Å². The Kier molecular flexibility index (Phi) is 5.20. The van der Waals surface area contributed by atoms with E-state index in [9.17, 15) is 9.59 Å². The standard InChI is InChI=1S/C17H22N2O3/c1-4-11(5-2)16(20)18-10-13-8-12-9-14(22-3)6-7-15(12)19-17(13)21/h6-9,11H,4-5,10H2,1-3H3,(H,18,20)(H,19,21). The molecule has 0 spiro atoms. The van der Waals surface area contributed by atoms with Crippen LogP contribution < -0.4 is 15.6 Å². The highest BCUT2D eigenvalue weighted by Crippen LogP contribution is 2.18. The van der Waals surface area contributed by atoms with Gasteiger partial charge in [-0.1, -0.05) is 13.8 Å². The van der Waals surface area contributed by atoms with E-state index in [1.165, 1.54) is 0 Å². The summed E-state index contributed by atoms with van der Waals surface area (Å²) in [6.45, 7) is 4.21. The Morgan fingerprint density at radius 3 is 2.64 bits per heavy atom. The number of nitrogens with one attached hydrogen (secondary N) is 2. The van der Waals surface area contributed by atoms with Gasteiger partial charge in [-0.15, -0.1) is 0 Å². The van der Waals surface area contributed by atoms with E-state index >= 15 is 0 Å². The van der Waals surface area contributed by atoms with Crippen LogP contribution in [0.2, 0.25) is 0 Å². The van der Waals surface area contributed by atoms with Crippen molar-refractivity contribution in [1.82, 2.24) is 10.3 Å². The molecule has 0 saturated carbocycles.